The lowest BCUT2D eigenvalue weighted by molar-refractivity contribution is -0.141. The summed E-state index contributed by atoms with van der Waals surface area (Å²) in [6.45, 7) is 1.66. The Morgan fingerprint density at radius 1 is 1.04 bits per heavy atom. The molecule has 6 nitrogen and oxygen atoms in total. The molecule has 2 aromatic rings. The monoisotopic (exact) mass is 368 g/mol. The van der Waals surface area contributed by atoms with Crippen molar-refractivity contribution >= 4 is 23.5 Å². The number of benzene rings is 2. The molecular weight excluding hydrogens is 344 g/mol. The van der Waals surface area contributed by atoms with Gasteiger partial charge in [0.25, 0.3) is 5.91 Å². The molecule has 0 saturated carbocycles. The van der Waals surface area contributed by atoms with Crippen LogP contribution in [0, 0.1) is 5.92 Å². The van der Waals surface area contributed by atoms with E-state index in [9.17, 15) is 14.4 Å². The standard InChI is InChI=1S/C21H24N2O4/c1-14(21(26)27)12-16-6-9-18(10-7-16)23-19(24)11-8-15-4-3-5-17(13-15)20(25)22-2/h3-7,9-10,13-14H,8,11-12H2,1-2H3,(H,22,25)(H,23,24)(H,26,27). The lowest BCUT2D eigenvalue weighted by atomic mass is 10.0. The molecule has 3 N–H and O–H groups in total. The molecule has 6 heteroatoms. The van der Waals surface area contributed by atoms with E-state index in [4.69, 9.17) is 5.11 Å². The molecule has 1 atom stereocenters. The van der Waals surface area contributed by atoms with E-state index in [2.05, 4.69) is 10.6 Å². The van der Waals surface area contributed by atoms with Crippen LogP contribution in [-0.4, -0.2) is 29.9 Å². The lowest BCUT2D eigenvalue weighted by Crippen LogP contribution is -2.18. The molecule has 0 radical (unpaired) electrons. The Morgan fingerprint density at radius 3 is 2.37 bits per heavy atom. The van der Waals surface area contributed by atoms with Crippen molar-refractivity contribution in [1.29, 1.82) is 0 Å². The van der Waals surface area contributed by atoms with Crippen molar-refractivity contribution in [2.24, 2.45) is 5.92 Å². The van der Waals surface area contributed by atoms with Gasteiger partial charge >= 0.3 is 5.97 Å². The van der Waals surface area contributed by atoms with E-state index in [0.717, 1.165) is 11.1 Å². The first kappa shape index (κ1) is 20.2. The van der Waals surface area contributed by atoms with Crippen molar-refractivity contribution in [2.45, 2.75) is 26.2 Å². The number of rotatable bonds is 8. The predicted molar refractivity (Wildman–Crippen MR) is 104 cm³/mol. The number of carboxylic acid groups (broad SMARTS) is 1. The molecule has 0 aliphatic rings. The fourth-order valence-electron chi connectivity index (χ4n) is 2.66. The topological polar surface area (TPSA) is 95.5 Å². The molecule has 0 heterocycles. The smallest absolute Gasteiger partial charge is 0.306 e. The van der Waals surface area contributed by atoms with E-state index in [1.54, 1.807) is 44.3 Å². The highest BCUT2D eigenvalue weighted by Crippen LogP contribution is 2.14. The van der Waals surface area contributed by atoms with Crippen molar-refractivity contribution in [3.8, 4) is 0 Å². The number of anilines is 1. The van der Waals surface area contributed by atoms with E-state index in [1.165, 1.54) is 0 Å². The van der Waals surface area contributed by atoms with E-state index >= 15 is 0 Å². The van der Waals surface area contributed by atoms with Crippen molar-refractivity contribution in [3.05, 3.63) is 65.2 Å². The quantitative estimate of drug-likeness (QED) is 0.668. The maximum absolute atomic E-state index is 12.1. The summed E-state index contributed by atoms with van der Waals surface area (Å²) >= 11 is 0. The second-order valence-electron chi connectivity index (χ2n) is 6.47. The molecule has 27 heavy (non-hydrogen) atoms. The van der Waals surface area contributed by atoms with Gasteiger partial charge in [-0.3, -0.25) is 14.4 Å². The van der Waals surface area contributed by atoms with Gasteiger partial charge in [-0.15, -0.1) is 0 Å². The van der Waals surface area contributed by atoms with Gasteiger partial charge in [0, 0.05) is 24.7 Å². The molecule has 0 bridgehead atoms. The molecule has 0 aliphatic carbocycles. The number of aliphatic carboxylic acids is 1. The van der Waals surface area contributed by atoms with Gasteiger partial charge in [-0.1, -0.05) is 31.2 Å². The molecular formula is C21H24N2O4. The second-order valence-corrected chi connectivity index (χ2v) is 6.47. The predicted octanol–water partition coefficient (Wildman–Crippen LogP) is 2.88. The van der Waals surface area contributed by atoms with Crippen LogP contribution in [0.1, 0.15) is 34.8 Å². The average molecular weight is 368 g/mol. The Hall–Kier alpha value is -3.15. The number of carbonyl (C=O) groups is 3. The first-order valence-electron chi connectivity index (χ1n) is 8.81. The zero-order valence-electron chi connectivity index (χ0n) is 15.5. The summed E-state index contributed by atoms with van der Waals surface area (Å²) in [5.74, 6) is -1.55. The highest BCUT2D eigenvalue weighted by molar-refractivity contribution is 5.94. The van der Waals surface area contributed by atoms with Crippen LogP contribution < -0.4 is 10.6 Å². The molecule has 2 rings (SSSR count). The normalized spacial score (nSPS) is 11.5. The zero-order chi connectivity index (χ0) is 19.8. The third kappa shape index (κ3) is 6.26. The Labute approximate surface area is 158 Å². The second kappa shape index (κ2) is 9.52. The number of aryl methyl sites for hydroxylation is 1. The summed E-state index contributed by atoms with van der Waals surface area (Å²) in [4.78, 5) is 34.7. The number of amides is 2. The summed E-state index contributed by atoms with van der Waals surface area (Å²) in [6, 6.07) is 14.4. The lowest BCUT2D eigenvalue weighted by Gasteiger charge is -2.09. The fourth-order valence-corrected chi connectivity index (χ4v) is 2.66. The van der Waals surface area contributed by atoms with Crippen LogP contribution in [0.25, 0.3) is 0 Å². The Morgan fingerprint density at radius 2 is 1.74 bits per heavy atom. The van der Waals surface area contributed by atoms with Crippen molar-refractivity contribution in [2.75, 3.05) is 12.4 Å². The molecule has 1 unspecified atom stereocenters. The first-order chi connectivity index (χ1) is 12.9. The number of carboxylic acids is 1. The highest BCUT2D eigenvalue weighted by atomic mass is 16.4. The third-order valence-corrected chi connectivity index (χ3v) is 4.26. The molecule has 0 aliphatic heterocycles. The molecule has 0 aromatic heterocycles. The van der Waals surface area contributed by atoms with E-state index < -0.39 is 11.9 Å². The summed E-state index contributed by atoms with van der Waals surface area (Å²) < 4.78 is 0. The maximum Gasteiger partial charge on any atom is 0.306 e. The van der Waals surface area contributed by atoms with Crippen molar-refractivity contribution < 1.29 is 19.5 Å². The molecule has 142 valence electrons. The summed E-state index contributed by atoms with van der Waals surface area (Å²) in [7, 11) is 1.58. The minimum absolute atomic E-state index is 0.119. The SMILES string of the molecule is CNC(=O)c1cccc(CCC(=O)Nc2ccc(CC(C)C(=O)O)cc2)c1. The van der Waals surface area contributed by atoms with Crippen molar-refractivity contribution in [3.63, 3.8) is 0 Å². The average Bonchev–Trinajstić information content (AvgIpc) is 2.67. The van der Waals surface area contributed by atoms with Gasteiger partial charge in [-0.05, 0) is 48.2 Å². The van der Waals surface area contributed by atoms with Crippen LogP contribution in [0.2, 0.25) is 0 Å². The Bertz CT molecular complexity index is 815. The summed E-state index contributed by atoms with van der Waals surface area (Å²) in [6.07, 6.45) is 1.28. The third-order valence-electron chi connectivity index (χ3n) is 4.26. The van der Waals surface area contributed by atoms with Crippen LogP contribution >= 0.6 is 0 Å². The zero-order valence-corrected chi connectivity index (χ0v) is 15.5. The largest absolute Gasteiger partial charge is 0.481 e. The maximum atomic E-state index is 12.1. The number of carbonyl (C=O) groups excluding carboxylic acids is 2. The van der Waals surface area contributed by atoms with E-state index in [-0.39, 0.29) is 11.8 Å². The van der Waals surface area contributed by atoms with Crippen molar-refractivity contribution in [1.82, 2.24) is 5.32 Å². The molecule has 2 aromatic carbocycles. The summed E-state index contributed by atoms with van der Waals surface area (Å²) in [5, 5.41) is 14.4. The van der Waals surface area contributed by atoms with E-state index in [1.807, 2.05) is 18.2 Å². The van der Waals surface area contributed by atoms with E-state index in [0.29, 0.717) is 30.5 Å². The van der Waals surface area contributed by atoms with Gasteiger partial charge < -0.3 is 15.7 Å². The molecule has 0 fully saturated rings. The molecule has 0 spiro atoms. The number of hydrogen-bond donors (Lipinski definition) is 3. The Balaban J connectivity index is 1.87. The highest BCUT2D eigenvalue weighted by Gasteiger charge is 2.11. The van der Waals surface area contributed by atoms with Crippen LogP contribution in [-0.2, 0) is 22.4 Å². The van der Waals surface area contributed by atoms with Gasteiger partial charge in [0.2, 0.25) is 5.91 Å². The van der Waals surface area contributed by atoms with Gasteiger partial charge in [0.15, 0.2) is 0 Å². The number of hydrogen-bond acceptors (Lipinski definition) is 3. The van der Waals surface area contributed by atoms with Gasteiger partial charge in [-0.2, -0.15) is 0 Å². The minimum Gasteiger partial charge on any atom is -0.481 e. The van der Waals surface area contributed by atoms with Crippen LogP contribution in [0.5, 0.6) is 0 Å². The first-order valence-corrected chi connectivity index (χ1v) is 8.81. The molecule has 2 amide bonds. The van der Waals surface area contributed by atoms with Crippen LogP contribution in [0.15, 0.2) is 48.5 Å². The minimum atomic E-state index is -0.826. The van der Waals surface area contributed by atoms with Gasteiger partial charge in [0.05, 0.1) is 5.92 Å². The van der Waals surface area contributed by atoms with Gasteiger partial charge in [-0.25, -0.2) is 0 Å². The van der Waals surface area contributed by atoms with Gasteiger partial charge in [0.1, 0.15) is 0 Å². The number of nitrogens with one attached hydrogen (secondary N) is 2. The fraction of sp³-hybridized carbons (Fsp3) is 0.286. The summed E-state index contributed by atoms with van der Waals surface area (Å²) in [5.41, 5.74) is 3.07. The van der Waals surface area contributed by atoms with Crippen LogP contribution in [0.4, 0.5) is 5.69 Å². The Kier molecular flexibility index (Phi) is 7.11. The molecule has 0 saturated heterocycles. The van der Waals surface area contributed by atoms with Crippen LogP contribution in [0.3, 0.4) is 0 Å².